The maximum absolute atomic E-state index is 13.0. The van der Waals surface area contributed by atoms with E-state index in [1.54, 1.807) is 19.0 Å². The van der Waals surface area contributed by atoms with Gasteiger partial charge in [0.1, 0.15) is 11.4 Å². The monoisotopic (exact) mass is 406 g/mol. The van der Waals surface area contributed by atoms with Gasteiger partial charge in [-0.3, -0.25) is 9.59 Å². The van der Waals surface area contributed by atoms with Crippen LogP contribution in [-0.2, 0) is 4.79 Å². The van der Waals surface area contributed by atoms with Crippen LogP contribution in [0, 0.1) is 6.92 Å². The number of carbonyl (C=O) groups excluding carboxylic acids is 2. The summed E-state index contributed by atoms with van der Waals surface area (Å²) < 4.78 is 6.53. The maximum Gasteiger partial charge on any atom is 0.254 e. The highest BCUT2D eigenvalue weighted by Crippen LogP contribution is 2.46. The van der Waals surface area contributed by atoms with E-state index in [0.29, 0.717) is 19.5 Å². The number of ether oxygens (including phenoxy) is 1. The molecule has 0 aromatic heterocycles. The number of rotatable bonds is 3. The molecule has 0 radical (unpaired) electrons. The van der Waals surface area contributed by atoms with Crippen LogP contribution in [-0.4, -0.2) is 54.4 Å². The zero-order valence-corrected chi connectivity index (χ0v) is 18.1. The minimum absolute atomic E-state index is 0.0958. The molecular formula is C25H30N2O3. The van der Waals surface area contributed by atoms with Crippen LogP contribution >= 0.6 is 0 Å². The van der Waals surface area contributed by atoms with Crippen molar-refractivity contribution in [1.82, 2.24) is 9.80 Å². The minimum atomic E-state index is -0.311. The summed E-state index contributed by atoms with van der Waals surface area (Å²) in [6.45, 7) is 3.32. The van der Waals surface area contributed by atoms with Crippen LogP contribution in [0.15, 0.2) is 48.5 Å². The number of para-hydroxylation sites is 1. The molecule has 0 saturated carbocycles. The minimum Gasteiger partial charge on any atom is -0.487 e. The summed E-state index contributed by atoms with van der Waals surface area (Å²) in [7, 11) is 3.61. The molecule has 2 amide bonds. The molecule has 2 heterocycles. The van der Waals surface area contributed by atoms with Gasteiger partial charge in [0.05, 0.1) is 0 Å². The van der Waals surface area contributed by atoms with Gasteiger partial charge in [0.15, 0.2) is 0 Å². The number of hydrogen-bond donors (Lipinski definition) is 0. The van der Waals surface area contributed by atoms with E-state index in [4.69, 9.17) is 4.74 Å². The molecule has 1 saturated heterocycles. The highest BCUT2D eigenvalue weighted by Gasteiger charge is 2.44. The summed E-state index contributed by atoms with van der Waals surface area (Å²) in [6.07, 6.45) is 2.87. The van der Waals surface area contributed by atoms with Crippen molar-refractivity contribution in [2.24, 2.45) is 0 Å². The average molecular weight is 407 g/mol. The Morgan fingerprint density at radius 2 is 1.73 bits per heavy atom. The van der Waals surface area contributed by atoms with E-state index >= 15 is 0 Å². The second-order valence-corrected chi connectivity index (χ2v) is 8.82. The van der Waals surface area contributed by atoms with Crippen LogP contribution < -0.4 is 4.74 Å². The smallest absolute Gasteiger partial charge is 0.254 e. The molecule has 5 heteroatoms. The van der Waals surface area contributed by atoms with Crippen LogP contribution in [0.25, 0.3) is 0 Å². The number of carbonyl (C=O) groups is 2. The molecule has 0 N–H and O–H groups in total. The molecule has 2 aliphatic rings. The normalized spacial score (nSPS) is 19.7. The lowest BCUT2D eigenvalue weighted by molar-refractivity contribution is -0.129. The van der Waals surface area contributed by atoms with E-state index in [1.165, 1.54) is 0 Å². The van der Waals surface area contributed by atoms with Crippen LogP contribution in [0.4, 0.5) is 0 Å². The van der Waals surface area contributed by atoms with Gasteiger partial charge in [-0.15, -0.1) is 0 Å². The highest BCUT2D eigenvalue weighted by molar-refractivity contribution is 5.95. The summed E-state index contributed by atoms with van der Waals surface area (Å²) in [5.74, 6) is 1.26. The highest BCUT2D eigenvalue weighted by atomic mass is 16.5. The summed E-state index contributed by atoms with van der Waals surface area (Å²) in [5, 5.41) is 0. The fourth-order valence-electron chi connectivity index (χ4n) is 4.73. The van der Waals surface area contributed by atoms with E-state index in [0.717, 1.165) is 41.7 Å². The van der Waals surface area contributed by atoms with Crippen molar-refractivity contribution in [3.8, 4) is 5.75 Å². The predicted molar refractivity (Wildman–Crippen MR) is 117 cm³/mol. The van der Waals surface area contributed by atoms with Gasteiger partial charge in [0, 0.05) is 57.9 Å². The molecule has 4 rings (SSSR count). The second kappa shape index (κ2) is 8.13. The van der Waals surface area contributed by atoms with Gasteiger partial charge >= 0.3 is 0 Å². The van der Waals surface area contributed by atoms with Crippen molar-refractivity contribution in [3.05, 3.63) is 65.2 Å². The van der Waals surface area contributed by atoms with E-state index in [-0.39, 0.29) is 23.3 Å². The third kappa shape index (κ3) is 3.93. The Morgan fingerprint density at radius 1 is 1.07 bits per heavy atom. The molecule has 2 aromatic rings. The van der Waals surface area contributed by atoms with Crippen molar-refractivity contribution in [3.63, 3.8) is 0 Å². The van der Waals surface area contributed by atoms with E-state index in [1.807, 2.05) is 54.3 Å². The lowest BCUT2D eigenvalue weighted by Gasteiger charge is -2.47. The fraction of sp³-hybridized carbons (Fsp3) is 0.440. The Morgan fingerprint density at radius 3 is 2.43 bits per heavy atom. The first-order valence-corrected chi connectivity index (χ1v) is 10.7. The first-order valence-electron chi connectivity index (χ1n) is 10.7. The van der Waals surface area contributed by atoms with Gasteiger partial charge in [-0.1, -0.05) is 36.4 Å². The first-order chi connectivity index (χ1) is 14.4. The lowest BCUT2D eigenvalue weighted by Crippen LogP contribution is -2.52. The number of fused-ring (bicyclic) bond motifs is 1. The SMILES string of the molecule is Cc1ccccc1C(=O)N1CCC2(CC1)CC(CC(=O)N(C)C)c1ccccc1O2. The summed E-state index contributed by atoms with van der Waals surface area (Å²) in [4.78, 5) is 29.1. The Bertz CT molecular complexity index is 945. The number of benzene rings is 2. The Kier molecular flexibility index (Phi) is 5.54. The second-order valence-electron chi connectivity index (χ2n) is 8.82. The average Bonchev–Trinajstić information content (AvgIpc) is 2.74. The molecule has 1 spiro atoms. The molecule has 1 unspecified atom stereocenters. The molecule has 2 aliphatic heterocycles. The Balaban J connectivity index is 1.51. The molecule has 158 valence electrons. The first kappa shape index (κ1) is 20.5. The van der Waals surface area contributed by atoms with Gasteiger partial charge in [-0.2, -0.15) is 0 Å². The topological polar surface area (TPSA) is 49.9 Å². The van der Waals surface area contributed by atoms with Gasteiger partial charge in [0.2, 0.25) is 5.91 Å². The standard InChI is InChI=1S/C25H30N2O3/c1-18-8-4-5-9-20(18)24(29)27-14-12-25(13-15-27)17-19(16-23(28)26(2)3)21-10-6-7-11-22(21)30-25/h4-11,19H,12-17H2,1-3H3. The largest absolute Gasteiger partial charge is 0.487 e. The quantitative estimate of drug-likeness (QED) is 0.774. The van der Waals surface area contributed by atoms with Crippen molar-refractivity contribution >= 4 is 11.8 Å². The number of amides is 2. The third-order valence-electron chi connectivity index (χ3n) is 6.56. The molecule has 5 nitrogen and oxygen atoms in total. The van der Waals surface area contributed by atoms with Crippen LogP contribution in [0.2, 0.25) is 0 Å². The number of piperidine rings is 1. The zero-order chi connectivity index (χ0) is 21.3. The van der Waals surface area contributed by atoms with Crippen molar-refractivity contribution in [2.75, 3.05) is 27.2 Å². The molecule has 1 fully saturated rings. The zero-order valence-electron chi connectivity index (χ0n) is 18.1. The molecule has 30 heavy (non-hydrogen) atoms. The van der Waals surface area contributed by atoms with Gasteiger partial charge in [-0.25, -0.2) is 0 Å². The lowest BCUT2D eigenvalue weighted by atomic mass is 9.76. The van der Waals surface area contributed by atoms with Crippen LogP contribution in [0.3, 0.4) is 0 Å². The third-order valence-corrected chi connectivity index (χ3v) is 6.56. The van der Waals surface area contributed by atoms with Gasteiger partial charge < -0.3 is 14.5 Å². The van der Waals surface area contributed by atoms with Crippen LogP contribution in [0.1, 0.15) is 53.1 Å². The van der Waals surface area contributed by atoms with Crippen molar-refractivity contribution < 1.29 is 14.3 Å². The molecule has 1 atom stereocenters. The summed E-state index contributed by atoms with van der Waals surface area (Å²) >= 11 is 0. The van der Waals surface area contributed by atoms with Gasteiger partial charge in [0.25, 0.3) is 5.91 Å². The molecule has 2 aromatic carbocycles. The fourth-order valence-corrected chi connectivity index (χ4v) is 4.73. The number of aryl methyl sites for hydroxylation is 1. The van der Waals surface area contributed by atoms with Crippen LogP contribution in [0.5, 0.6) is 5.75 Å². The summed E-state index contributed by atoms with van der Waals surface area (Å²) in [6, 6.07) is 15.8. The molecule has 0 aliphatic carbocycles. The maximum atomic E-state index is 13.0. The van der Waals surface area contributed by atoms with Crippen molar-refractivity contribution in [2.45, 2.75) is 44.1 Å². The summed E-state index contributed by atoms with van der Waals surface area (Å²) in [5.41, 5.74) is 2.59. The predicted octanol–water partition coefficient (Wildman–Crippen LogP) is 4.01. The van der Waals surface area contributed by atoms with E-state index < -0.39 is 0 Å². The van der Waals surface area contributed by atoms with E-state index in [9.17, 15) is 9.59 Å². The number of likely N-dealkylation sites (tertiary alicyclic amines) is 1. The number of hydrogen-bond acceptors (Lipinski definition) is 3. The molecular weight excluding hydrogens is 376 g/mol. The Hall–Kier alpha value is -2.82. The number of nitrogens with zero attached hydrogens (tertiary/aromatic N) is 2. The van der Waals surface area contributed by atoms with Gasteiger partial charge in [-0.05, 0) is 36.6 Å². The van der Waals surface area contributed by atoms with Crippen molar-refractivity contribution in [1.29, 1.82) is 0 Å². The molecule has 0 bridgehead atoms. The van der Waals surface area contributed by atoms with E-state index in [2.05, 4.69) is 6.07 Å². The Labute approximate surface area is 178 Å².